The van der Waals surface area contributed by atoms with Crippen LogP contribution >= 0.6 is 0 Å². The first-order valence-electron chi connectivity index (χ1n) is 6.50. The molecule has 0 radical (unpaired) electrons. The summed E-state index contributed by atoms with van der Waals surface area (Å²) in [5.74, 6) is -0.365. The highest BCUT2D eigenvalue weighted by atomic mass is 16.2. The highest BCUT2D eigenvalue weighted by Gasteiger charge is 2.10. The van der Waals surface area contributed by atoms with Gasteiger partial charge in [-0.1, -0.05) is 0 Å². The van der Waals surface area contributed by atoms with Crippen molar-refractivity contribution in [3.8, 4) is 0 Å². The first-order chi connectivity index (χ1) is 10.2. The predicted octanol–water partition coefficient (Wildman–Crippen LogP) is 1.39. The van der Waals surface area contributed by atoms with Crippen molar-refractivity contribution in [1.82, 2.24) is 20.0 Å². The Labute approximate surface area is 119 Å². The van der Waals surface area contributed by atoms with Crippen molar-refractivity contribution in [3.63, 3.8) is 0 Å². The van der Waals surface area contributed by atoms with Crippen LogP contribution in [0, 0.1) is 0 Å². The molecule has 2 aromatic heterocycles. The SMILES string of the molecule is CCn1nc(C(=O)Nc2ccc3cn[nH]c3c2)ccc1=O. The normalized spacial score (nSPS) is 10.7. The van der Waals surface area contributed by atoms with E-state index in [9.17, 15) is 9.59 Å². The molecule has 0 atom stereocenters. The summed E-state index contributed by atoms with van der Waals surface area (Å²) in [7, 11) is 0. The number of nitrogens with one attached hydrogen (secondary N) is 2. The molecule has 7 heteroatoms. The monoisotopic (exact) mass is 283 g/mol. The molecule has 0 saturated carbocycles. The maximum absolute atomic E-state index is 12.2. The van der Waals surface area contributed by atoms with Gasteiger partial charge in [-0.2, -0.15) is 10.2 Å². The van der Waals surface area contributed by atoms with Gasteiger partial charge >= 0.3 is 0 Å². The number of aromatic amines is 1. The van der Waals surface area contributed by atoms with Crippen molar-refractivity contribution in [2.75, 3.05) is 5.32 Å². The van der Waals surface area contributed by atoms with E-state index in [-0.39, 0.29) is 17.2 Å². The third-order valence-corrected chi connectivity index (χ3v) is 3.10. The first-order valence-corrected chi connectivity index (χ1v) is 6.50. The summed E-state index contributed by atoms with van der Waals surface area (Å²) in [6.45, 7) is 2.21. The standard InChI is InChI=1S/C14H13N5O2/c1-2-19-13(20)6-5-11(18-19)14(21)16-10-4-3-9-8-15-17-12(9)7-10/h3-8H,2H2,1H3,(H,15,17)(H,16,21). The number of amides is 1. The number of nitrogens with zero attached hydrogens (tertiary/aromatic N) is 3. The van der Waals surface area contributed by atoms with Crippen LogP contribution in [0.4, 0.5) is 5.69 Å². The first kappa shape index (κ1) is 13.0. The second-order valence-electron chi connectivity index (χ2n) is 4.50. The van der Waals surface area contributed by atoms with E-state index >= 15 is 0 Å². The van der Waals surface area contributed by atoms with Gasteiger partial charge in [0.2, 0.25) is 0 Å². The number of fused-ring (bicyclic) bond motifs is 1. The second kappa shape index (κ2) is 5.20. The number of carbonyl (C=O) groups is 1. The summed E-state index contributed by atoms with van der Waals surface area (Å²) in [6, 6.07) is 8.18. The zero-order valence-electron chi connectivity index (χ0n) is 11.3. The van der Waals surface area contributed by atoms with E-state index in [1.54, 1.807) is 25.3 Å². The smallest absolute Gasteiger partial charge is 0.276 e. The molecule has 2 heterocycles. The van der Waals surface area contributed by atoms with Crippen molar-refractivity contribution in [3.05, 3.63) is 52.6 Å². The van der Waals surface area contributed by atoms with Crippen LogP contribution in [0.25, 0.3) is 10.9 Å². The summed E-state index contributed by atoms with van der Waals surface area (Å²) in [5, 5.41) is 14.5. The van der Waals surface area contributed by atoms with Gasteiger partial charge < -0.3 is 5.32 Å². The van der Waals surface area contributed by atoms with Gasteiger partial charge in [0.1, 0.15) is 5.69 Å². The molecule has 21 heavy (non-hydrogen) atoms. The van der Waals surface area contributed by atoms with Gasteiger partial charge in [-0.15, -0.1) is 0 Å². The molecular formula is C14H13N5O2. The maximum Gasteiger partial charge on any atom is 0.276 e. The zero-order chi connectivity index (χ0) is 14.8. The summed E-state index contributed by atoms with van der Waals surface area (Å²) in [6.07, 6.45) is 1.71. The molecular weight excluding hydrogens is 270 g/mol. The van der Waals surface area contributed by atoms with Crippen LogP contribution in [0.2, 0.25) is 0 Å². The van der Waals surface area contributed by atoms with Gasteiger partial charge in [0, 0.05) is 23.7 Å². The average molecular weight is 283 g/mol. The van der Waals surface area contributed by atoms with Crippen molar-refractivity contribution in [2.24, 2.45) is 0 Å². The van der Waals surface area contributed by atoms with Crippen molar-refractivity contribution in [1.29, 1.82) is 0 Å². The molecule has 0 spiro atoms. The van der Waals surface area contributed by atoms with Crippen molar-refractivity contribution >= 4 is 22.5 Å². The number of carbonyl (C=O) groups excluding carboxylic acids is 1. The number of benzene rings is 1. The quantitative estimate of drug-likeness (QED) is 0.759. The molecule has 3 aromatic rings. The molecule has 1 amide bonds. The fourth-order valence-corrected chi connectivity index (χ4v) is 2.01. The third-order valence-electron chi connectivity index (χ3n) is 3.10. The fraction of sp³-hybridized carbons (Fsp3) is 0.143. The number of anilines is 1. The van der Waals surface area contributed by atoms with E-state index in [2.05, 4.69) is 20.6 Å². The van der Waals surface area contributed by atoms with Gasteiger partial charge in [0.05, 0.1) is 11.7 Å². The van der Waals surface area contributed by atoms with E-state index in [4.69, 9.17) is 0 Å². The Morgan fingerprint density at radius 1 is 1.33 bits per heavy atom. The summed E-state index contributed by atoms with van der Waals surface area (Å²) < 4.78 is 1.24. The lowest BCUT2D eigenvalue weighted by Crippen LogP contribution is -2.25. The van der Waals surface area contributed by atoms with E-state index < -0.39 is 0 Å². The van der Waals surface area contributed by atoms with Gasteiger partial charge in [0.15, 0.2) is 0 Å². The molecule has 106 valence electrons. The van der Waals surface area contributed by atoms with Gasteiger partial charge in [-0.3, -0.25) is 14.7 Å². The second-order valence-corrected chi connectivity index (χ2v) is 4.50. The van der Waals surface area contributed by atoms with Gasteiger partial charge in [-0.05, 0) is 31.2 Å². The highest BCUT2D eigenvalue weighted by molar-refractivity contribution is 6.03. The number of hydrogen-bond donors (Lipinski definition) is 2. The van der Waals surface area contributed by atoms with E-state index in [0.717, 1.165) is 10.9 Å². The van der Waals surface area contributed by atoms with Crippen LogP contribution in [0.15, 0.2) is 41.3 Å². The Balaban J connectivity index is 1.86. The van der Waals surface area contributed by atoms with Crippen LogP contribution < -0.4 is 10.9 Å². The zero-order valence-corrected chi connectivity index (χ0v) is 11.3. The van der Waals surface area contributed by atoms with Gasteiger partial charge in [0.25, 0.3) is 11.5 Å². The Kier molecular flexibility index (Phi) is 3.23. The molecule has 3 rings (SSSR count). The number of aromatic nitrogens is 4. The Bertz CT molecular complexity index is 865. The molecule has 7 nitrogen and oxygen atoms in total. The van der Waals surface area contributed by atoms with Crippen molar-refractivity contribution in [2.45, 2.75) is 13.5 Å². The van der Waals surface area contributed by atoms with E-state index in [1.165, 1.54) is 16.8 Å². The van der Waals surface area contributed by atoms with Gasteiger partial charge in [-0.25, -0.2) is 4.68 Å². The molecule has 1 aromatic carbocycles. The minimum absolute atomic E-state index is 0.196. The lowest BCUT2D eigenvalue weighted by Gasteiger charge is -2.06. The molecule has 0 aliphatic heterocycles. The Morgan fingerprint density at radius 3 is 3.00 bits per heavy atom. The van der Waals surface area contributed by atoms with Crippen LogP contribution in [0.1, 0.15) is 17.4 Å². The lowest BCUT2D eigenvalue weighted by molar-refractivity contribution is 0.102. The molecule has 0 bridgehead atoms. The molecule has 0 aliphatic rings. The highest BCUT2D eigenvalue weighted by Crippen LogP contribution is 2.16. The lowest BCUT2D eigenvalue weighted by atomic mass is 10.2. The molecule has 0 saturated heterocycles. The average Bonchev–Trinajstić information content (AvgIpc) is 2.95. The van der Waals surface area contributed by atoms with Crippen molar-refractivity contribution < 1.29 is 4.79 Å². The summed E-state index contributed by atoms with van der Waals surface area (Å²) >= 11 is 0. The largest absolute Gasteiger partial charge is 0.321 e. The van der Waals surface area contributed by atoms with Crippen LogP contribution in [-0.4, -0.2) is 25.9 Å². The molecule has 2 N–H and O–H groups in total. The van der Waals surface area contributed by atoms with Crippen LogP contribution in [0.5, 0.6) is 0 Å². The summed E-state index contributed by atoms with van der Waals surface area (Å²) in [4.78, 5) is 23.6. The minimum Gasteiger partial charge on any atom is -0.321 e. The predicted molar refractivity (Wildman–Crippen MR) is 78.2 cm³/mol. The summed E-state index contributed by atoms with van der Waals surface area (Å²) in [5.41, 5.74) is 1.43. The fourth-order valence-electron chi connectivity index (χ4n) is 2.01. The van der Waals surface area contributed by atoms with E-state index in [0.29, 0.717) is 12.2 Å². The topological polar surface area (TPSA) is 92.7 Å². The number of aryl methyl sites for hydroxylation is 1. The molecule has 0 unspecified atom stereocenters. The number of rotatable bonds is 3. The van der Waals surface area contributed by atoms with Crippen LogP contribution in [0.3, 0.4) is 0 Å². The number of H-pyrrole nitrogens is 1. The minimum atomic E-state index is -0.365. The Morgan fingerprint density at radius 2 is 2.19 bits per heavy atom. The Hall–Kier alpha value is -2.96. The molecule has 0 fully saturated rings. The number of hydrogen-bond acceptors (Lipinski definition) is 4. The third kappa shape index (κ3) is 2.53. The van der Waals surface area contributed by atoms with Crippen LogP contribution in [-0.2, 0) is 6.54 Å². The molecule has 0 aliphatic carbocycles. The van der Waals surface area contributed by atoms with E-state index in [1.807, 2.05) is 6.07 Å². The maximum atomic E-state index is 12.2.